The van der Waals surface area contributed by atoms with Gasteiger partial charge in [-0.05, 0) is 80.5 Å². The number of hydrogen-bond acceptors (Lipinski definition) is 5. The molecule has 1 aromatic carbocycles. The Kier molecular flexibility index (Phi) is 7.40. The molecule has 35 heavy (non-hydrogen) atoms. The quantitative estimate of drug-likeness (QED) is 0.368. The fourth-order valence-corrected chi connectivity index (χ4v) is 5.20. The van der Waals surface area contributed by atoms with E-state index in [4.69, 9.17) is 17.0 Å². The van der Waals surface area contributed by atoms with Crippen LogP contribution in [0, 0.1) is 13.8 Å². The van der Waals surface area contributed by atoms with Crippen molar-refractivity contribution < 1.29 is 9.53 Å². The van der Waals surface area contributed by atoms with Crippen molar-refractivity contribution in [1.29, 1.82) is 0 Å². The SMILES string of the molecule is COC(=O)CCCN1C(=S)N[C@H](c2ccccn2)[C@@H]1c1cc(C)n(-c2ccc(N(C)C)cc2)c1C. The molecule has 0 spiro atoms. The molecule has 0 bridgehead atoms. The number of aryl methyl sites for hydroxylation is 1. The van der Waals surface area contributed by atoms with E-state index in [0.717, 1.165) is 28.5 Å². The topological polar surface area (TPSA) is 62.6 Å². The summed E-state index contributed by atoms with van der Waals surface area (Å²) in [6.45, 7) is 4.94. The maximum absolute atomic E-state index is 11.7. The Bertz CT molecular complexity index is 1190. The van der Waals surface area contributed by atoms with Gasteiger partial charge in [-0.1, -0.05) is 6.07 Å². The van der Waals surface area contributed by atoms with Gasteiger partial charge < -0.3 is 24.4 Å². The number of carbonyl (C=O) groups is 1. The Balaban J connectivity index is 1.73. The van der Waals surface area contributed by atoms with Gasteiger partial charge in [0.15, 0.2) is 5.11 Å². The summed E-state index contributed by atoms with van der Waals surface area (Å²) in [6, 6.07) is 16.6. The fraction of sp³-hybridized carbons (Fsp3) is 0.370. The van der Waals surface area contributed by atoms with Crippen molar-refractivity contribution in [3.8, 4) is 5.69 Å². The van der Waals surface area contributed by atoms with E-state index in [1.54, 1.807) is 0 Å². The molecule has 8 heteroatoms. The number of hydrogen-bond donors (Lipinski definition) is 1. The molecule has 2 aromatic heterocycles. The molecule has 1 saturated heterocycles. The van der Waals surface area contributed by atoms with E-state index < -0.39 is 0 Å². The van der Waals surface area contributed by atoms with E-state index in [9.17, 15) is 4.79 Å². The fourth-order valence-electron chi connectivity index (χ4n) is 4.86. The Morgan fingerprint density at radius 2 is 1.91 bits per heavy atom. The van der Waals surface area contributed by atoms with Crippen molar-refractivity contribution in [3.63, 3.8) is 0 Å². The van der Waals surface area contributed by atoms with Crippen molar-refractivity contribution in [1.82, 2.24) is 19.8 Å². The molecule has 1 fully saturated rings. The number of aromatic nitrogens is 2. The maximum Gasteiger partial charge on any atom is 0.305 e. The van der Waals surface area contributed by atoms with Crippen LogP contribution in [0.1, 0.15) is 47.6 Å². The molecule has 184 valence electrons. The Morgan fingerprint density at radius 1 is 1.17 bits per heavy atom. The predicted molar refractivity (Wildman–Crippen MR) is 143 cm³/mol. The van der Waals surface area contributed by atoms with Gasteiger partial charge in [0.25, 0.3) is 0 Å². The summed E-state index contributed by atoms with van der Waals surface area (Å²) in [4.78, 5) is 20.6. The third-order valence-corrected chi connectivity index (χ3v) is 6.97. The van der Waals surface area contributed by atoms with Crippen molar-refractivity contribution >= 4 is 29.0 Å². The lowest BCUT2D eigenvalue weighted by molar-refractivity contribution is -0.140. The van der Waals surface area contributed by atoms with Crippen molar-refractivity contribution in [3.05, 3.63) is 77.4 Å². The van der Waals surface area contributed by atoms with E-state index in [1.165, 1.54) is 12.7 Å². The number of thiocarbonyl (C=S) groups is 1. The number of nitrogens with zero attached hydrogens (tertiary/aromatic N) is 4. The zero-order chi connectivity index (χ0) is 25.1. The lowest BCUT2D eigenvalue weighted by atomic mass is 9.96. The van der Waals surface area contributed by atoms with Gasteiger partial charge in [0.2, 0.25) is 0 Å². The van der Waals surface area contributed by atoms with E-state index in [2.05, 4.69) is 68.8 Å². The van der Waals surface area contributed by atoms with Gasteiger partial charge in [0, 0.05) is 56.0 Å². The first-order valence-corrected chi connectivity index (χ1v) is 12.2. The first-order chi connectivity index (χ1) is 16.8. The van der Waals surface area contributed by atoms with Crippen LogP contribution < -0.4 is 10.2 Å². The highest BCUT2D eigenvalue weighted by molar-refractivity contribution is 7.80. The van der Waals surface area contributed by atoms with Crippen LogP contribution in [0.2, 0.25) is 0 Å². The van der Waals surface area contributed by atoms with E-state index >= 15 is 0 Å². The second kappa shape index (κ2) is 10.5. The summed E-state index contributed by atoms with van der Waals surface area (Å²) in [6.07, 6.45) is 2.82. The number of benzene rings is 1. The van der Waals surface area contributed by atoms with Gasteiger partial charge in [-0.3, -0.25) is 9.78 Å². The van der Waals surface area contributed by atoms with Crippen molar-refractivity contribution in [2.24, 2.45) is 0 Å². The number of pyridine rings is 1. The third kappa shape index (κ3) is 5.03. The van der Waals surface area contributed by atoms with Crippen LogP contribution in [0.15, 0.2) is 54.7 Å². The summed E-state index contributed by atoms with van der Waals surface area (Å²) in [7, 11) is 5.51. The molecule has 7 nitrogen and oxygen atoms in total. The summed E-state index contributed by atoms with van der Waals surface area (Å²) < 4.78 is 7.12. The molecule has 0 aliphatic carbocycles. The molecule has 1 aliphatic rings. The normalized spacial score (nSPS) is 17.4. The summed E-state index contributed by atoms with van der Waals surface area (Å²) in [5.74, 6) is -0.208. The molecular weight excluding hydrogens is 458 g/mol. The molecule has 0 amide bonds. The first-order valence-electron chi connectivity index (χ1n) is 11.8. The summed E-state index contributed by atoms with van der Waals surface area (Å²) in [5.41, 5.74) is 6.74. The zero-order valence-corrected chi connectivity index (χ0v) is 21.8. The van der Waals surface area contributed by atoms with Crippen LogP contribution in [0.5, 0.6) is 0 Å². The number of nitrogens with one attached hydrogen (secondary N) is 1. The molecule has 0 radical (unpaired) electrons. The van der Waals surface area contributed by atoms with Crippen LogP contribution >= 0.6 is 12.2 Å². The minimum Gasteiger partial charge on any atom is -0.469 e. The average molecular weight is 492 g/mol. The smallest absolute Gasteiger partial charge is 0.305 e. The van der Waals surface area contributed by atoms with E-state index in [0.29, 0.717) is 24.5 Å². The van der Waals surface area contributed by atoms with Gasteiger partial charge in [0.05, 0.1) is 24.9 Å². The van der Waals surface area contributed by atoms with Gasteiger partial charge in [0.1, 0.15) is 0 Å². The lowest BCUT2D eigenvalue weighted by Crippen LogP contribution is -2.31. The second-order valence-electron chi connectivity index (χ2n) is 9.07. The molecule has 4 rings (SSSR count). The number of methoxy groups -OCH3 is 1. The van der Waals surface area contributed by atoms with Crippen LogP contribution in [0.3, 0.4) is 0 Å². The highest BCUT2D eigenvalue weighted by Crippen LogP contribution is 2.41. The molecule has 3 heterocycles. The minimum atomic E-state index is -0.208. The molecular formula is C27H33N5O2S. The number of esters is 1. The van der Waals surface area contributed by atoms with Crippen LogP contribution in [0.25, 0.3) is 5.69 Å². The van der Waals surface area contributed by atoms with Crippen LogP contribution in [-0.2, 0) is 9.53 Å². The van der Waals surface area contributed by atoms with Gasteiger partial charge in [-0.15, -0.1) is 0 Å². The summed E-state index contributed by atoms with van der Waals surface area (Å²) in [5, 5.41) is 4.18. The molecule has 2 atom stereocenters. The monoisotopic (exact) mass is 491 g/mol. The number of carbonyl (C=O) groups excluding carboxylic acids is 1. The Hall–Kier alpha value is -3.39. The van der Waals surface area contributed by atoms with Gasteiger partial charge >= 0.3 is 5.97 Å². The largest absolute Gasteiger partial charge is 0.469 e. The minimum absolute atomic E-state index is 0.0453. The predicted octanol–water partition coefficient (Wildman–Crippen LogP) is 4.48. The lowest BCUT2D eigenvalue weighted by Gasteiger charge is -2.28. The standard InChI is InChI=1S/C27H33N5O2S/c1-18-17-22(19(2)32(18)21-13-11-20(12-14-21)30(3)4)26-25(23-9-6-7-15-28-23)29-27(35)31(26)16-8-10-24(33)34-5/h6-7,9,11-15,17,25-26H,8,10,16H2,1-5H3,(H,29,35)/t25-,26+/m1/s1. The first kappa shape index (κ1) is 24.7. The number of ether oxygens (including phenoxy) is 1. The van der Waals surface area contributed by atoms with Crippen molar-refractivity contribution in [2.45, 2.75) is 38.8 Å². The molecule has 0 saturated carbocycles. The van der Waals surface area contributed by atoms with Crippen molar-refractivity contribution in [2.75, 3.05) is 32.6 Å². The second-order valence-corrected chi connectivity index (χ2v) is 9.46. The molecule has 1 aliphatic heterocycles. The maximum atomic E-state index is 11.7. The molecule has 1 N–H and O–H groups in total. The number of rotatable bonds is 8. The van der Waals surface area contributed by atoms with Gasteiger partial charge in [-0.2, -0.15) is 0 Å². The van der Waals surface area contributed by atoms with E-state index in [-0.39, 0.29) is 18.1 Å². The highest BCUT2D eigenvalue weighted by atomic mass is 32.1. The van der Waals surface area contributed by atoms with Crippen LogP contribution in [-0.4, -0.2) is 53.3 Å². The van der Waals surface area contributed by atoms with Gasteiger partial charge in [-0.25, -0.2) is 0 Å². The van der Waals surface area contributed by atoms with E-state index in [1.807, 2.05) is 38.5 Å². The van der Waals surface area contributed by atoms with Crippen LogP contribution in [0.4, 0.5) is 5.69 Å². The number of anilines is 1. The molecule has 0 unspecified atom stereocenters. The molecule has 3 aromatic rings. The average Bonchev–Trinajstić information content (AvgIpc) is 3.34. The highest BCUT2D eigenvalue weighted by Gasteiger charge is 2.41. The third-order valence-electron chi connectivity index (χ3n) is 6.62. The zero-order valence-electron chi connectivity index (χ0n) is 21.0. The Labute approximate surface area is 212 Å². The summed E-state index contributed by atoms with van der Waals surface area (Å²) >= 11 is 5.78. The Morgan fingerprint density at radius 3 is 2.54 bits per heavy atom.